The first-order valence-corrected chi connectivity index (χ1v) is 28.3. The van der Waals surface area contributed by atoms with Crippen molar-refractivity contribution >= 4 is 49.3 Å². The average Bonchev–Trinajstić information content (AvgIpc) is 3.31. The van der Waals surface area contributed by atoms with Crippen molar-refractivity contribution < 1.29 is 327 Å². The molecule has 0 fully saturated rings. The van der Waals surface area contributed by atoms with E-state index in [1.54, 1.807) is 0 Å². The van der Waals surface area contributed by atoms with Gasteiger partial charge in [-0.15, -0.1) is 0 Å². The van der Waals surface area contributed by atoms with E-state index in [4.69, 9.17) is 25.6 Å². The summed E-state index contributed by atoms with van der Waals surface area (Å²) in [5, 5.41) is 12.0. The van der Waals surface area contributed by atoms with E-state index >= 15 is 0 Å². The van der Waals surface area contributed by atoms with Crippen molar-refractivity contribution in [2.24, 2.45) is 0 Å². The average molecular weight is 1260 g/mol. The van der Waals surface area contributed by atoms with Crippen molar-refractivity contribution in [3.63, 3.8) is 0 Å². The molecule has 0 aromatic heterocycles. The van der Waals surface area contributed by atoms with E-state index in [1.807, 2.05) is 0 Å². The summed E-state index contributed by atoms with van der Waals surface area (Å²) in [7, 11) is 0. The number of allylic oxidation sites excluding steroid dienone is 4. The van der Waals surface area contributed by atoms with Gasteiger partial charge >= 0.3 is 308 Å². The van der Waals surface area contributed by atoms with Gasteiger partial charge in [-0.3, -0.25) is 19.2 Å². The SMILES string of the molecule is CCCCCCCC/C=C\CCCCCCCCNC(=O)C(CCCCN[S-])NC(=O)CCCCC(=O)NC(CCCCN[S-])C(=O)NCCCCCCCC/C=C\CCCCCCCC.[CH3-].[CH3-].[CH3-].[CH3-].[K+].[K+].[K+].[K+].[K+].[K+]. The molecule has 0 rings (SSSR count). The molecule has 418 valence electrons. The molecular formula is C58H114K6N6O4S2. The molecule has 0 saturated heterocycles. The topological polar surface area (TPSA) is 140 Å². The van der Waals surface area contributed by atoms with Crippen LogP contribution in [0.4, 0.5) is 0 Å². The summed E-state index contributed by atoms with van der Waals surface area (Å²) in [6, 6.07) is -1.18. The third-order valence-electron chi connectivity index (χ3n) is 12.4. The molecule has 2 atom stereocenters. The molecule has 0 radical (unpaired) electrons. The van der Waals surface area contributed by atoms with Crippen LogP contribution in [0.25, 0.3) is 0 Å². The summed E-state index contributed by atoms with van der Waals surface area (Å²) in [6.07, 6.45) is 50.0. The summed E-state index contributed by atoms with van der Waals surface area (Å²) >= 11 is 9.70. The third kappa shape index (κ3) is 81.8. The van der Waals surface area contributed by atoms with Gasteiger partial charge in [-0.1, -0.05) is 154 Å². The smallest absolute Gasteiger partial charge is 0.705 e. The van der Waals surface area contributed by atoms with E-state index in [0.29, 0.717) is 51.9 Å². The monoisotopic (exact) mass is 1260 g/mol. The van der Waals surface area contributed by atoms with Crippen LogP contribution >= 0.6 is 0 Å². The molecule has 0 aromatic carbocycles. The van der Waals surface area contributed by atoms with Gasteiger partial charge in [-0.05, 0) is 129 Å². The number of hydrogen-bond acceptors (Lipinski definition) is 8. The molecule has 76 heavy (non-hydrogen) atoms. The second-order valence-corrected chi connectivity index (χ2v) is 19.3. The zero-order valence-corrected chi connectivity index (χ0v) is 73.0. The number of carbonyl (C=O) groups is 4. The van der Waals surface area contributed by atoms with Crippen LogP contribution in [-0.2, 0) is 44.8 Å². The zero-order chi connectivity index (χ0) is 48.2. The molecule has 0 bridgehead atoms. The Bertz CT molecular complexity index is 1120. The van der Waals surface area contributed by atoms with E-state index in [1.165, 1.54) is 154 Å². The Hall–Kier alpha value is 7.80. The number of rotatable bonds is 51. The van der Waals surface area contributed by atoms with Gasteiger partial charge in [-0.2, -0.15) is 0 Å². The first kappa shape index (κ1) is 108. The maximum Gasteiger partial charge on any atom is 1.00 e. The first-order chi connectivity index (χ1) is 32.4. The second kappa shape index (κ2) is 91.5. The summed E-state index contributed by atoms with van der Waals surface area (Å²) in [5.74, 6) is -0.648. The number of amides is 4. The van der Waals surface area contributed by atoms with Gasteiger partial charge in [0.1, 0.15) is 12.1 Å². The van der Waals surface area contributed by atoms with Gasteiger partial charge in [0.15, 0.2) is 0 Å². The van der Waals surface area contributed by atoms with Gasteiger partial charge in [0.05, 0.1) is 0 Å². The maximum absolute atomic E-state index is 13.1. The molecule has 10 nitrogen and oxygen atoms in total. The number of hydrogen-bond donors (Lipinski definition) is 6. The molecule has 4 amide bonds. The summed E-state index contributed by atoms with van der Waals surface area (Å²) < 4.78 is 5.47. The minimum absolute atomic E-state index is 0. The fourth-order valence-electron chi connectivity index (χ4n) is 8.15. The van der Waals surface area contributed by atoms with Crippen LogP contribution in [0.5, 0.6) is 0 Å². The molecule has 0 heterocycles. The predicted molar refractivity (Wildman–Crippen MR) is 311 cm³/mol. The normalized spacial score (nSPS) is 10.8. The molecule has 0 aliphatic carbocycles. The van der Waals surface area contributed by atoms with Crippen LogP contribution in [0.2, 0.25) is 0 Å². The van der Waals surface area contributed by atoms with Crippen LogP contribution < -0.4 is 339 Å². The van der Waals surface area contributed by atoms with Crippen LogP contribution in [0.15, 0.2) is 24.3 Å². The Balaban J connectivity index is -0.000000469. The molecule has 18 heteroatoms. The fraction of sp³-hybridized carbons (Fsp3) is 0.793. The maximum atomic E-state index is 13.1. The Morgan fingerprint density at radius 3 is 0.868 bits per heavy atom. The van der Waals surface area contributed by atoms with Crippen LogP contribution in [0, 0.1) is 29.7 Å². The Morgan fingerprint density at radius 2 is 0.592 bits per heavy atom. The van der Waals surface area contributed by atoms with Crippen LogP contribution in [0.1, 0.15) is 258 Å². The van der Waals surface area contributed by atoms with Crippen LogP contribution in [0.3, 0.4) is 0 Å². The van der Waals surface area contributed by atoms with Crippen molar-refractivity contribution in [2.75, 3.05) is 26.2 Å². The van der Waals surface area contributed by atoms with Crippen LogP contribution in [-0.4, -0.2) is 61.9 Å². The van der Waals surface area contributed by atoms with Crippen molar-refractivity contribution in [3.05, 3.63) is 54.0 Å². The van der Waals surface area contributed by atoms with Gasteiger partial charge < -0.3 is 86.0 Å². The molecule has 0 aromatic rings. The summed E-state index contributed by atoms with van der Waals surface area (Å²) in [4.78, 5) is 52.2. The van der Waals surface area contributed by atoms with Gasteiger partial charge in [-0.25, -0.2) is 0 Å². The first-order valence-electron chi connectivity index (χ1n) is 27.5. The third-order valence-corrected chi connectivity index (χ3v) is 12.8. The summed E-state index contributed by atoms with van der Waals surface area (Å²) in [6.45, 7) is 7.11. The van der Waals surface area contributed by atoms with Gasteiger partial charge in [0, 0.05) is 25.9 Å². The second-order valence-electron chi connectivity index (χ2n) is 18.7. The summed E-state index contributed by atoms with van der Waals surface area (Å²) in [5.41, 5.74) is 0. The van der Waals surface area contributed by atoms with E-state index < -0.39 is 12.1 Å². The molecule has 0 aliphatic rings. The molecule has 0 spiro atoms. The van der Waals surface area contributed by atoms with E-state index in [0.717, 1.165) is 51.4 Å². The van der Waals surface area contributed by atoms with Crippen molar-refractivity contribution in [1.82, 2.24) is 30.7 Å². The predicted octanol–water partition coefficient (Wildman–Crippen LogP) is -3.91. The van der Waals surface area contributed by atoms with Gasteiger partial charge in [0.25, 0.3) is 0 Å². The van der Waals surface area contributed by atoms with E-state index in [9.17, 15) is 19.2 Å². The van der Waals surface area contributed by atoms with E-state index in [-0.39, 0.29) is 374 Å². The zero-order valence-electron chi connectivity index (χ0n) is 52.6. The standard InChI is InChI=1S/C54H102N6O4S2.4CH3.6K/c1-3-5-7-9-11-13-15-17-19-21-23-25-27-29-31-37-45-55-53(63)49(41-35-39-47-57-65)59-51(61)43-33-34-44-52(62)60-50(42-36-40-48-58-66)54(64)56-46-38-32-30-28-26-24-22-20-18-16-14-12-10-8-6-4-2;;;;;;;;;;/h17-20,49-50,57-58H,3-16,21-48H2,1-2H3,(H,55,63)(H,56,64)(H,59,61)(H,60,62);4*1H3;;;;;;/q-2;4*-1;6*+1/b19-17-,20-18-;;;;;;;;;;. The van der Waals surface area contributed by atoms with Crippen molar-refractivity contribution in [3.8, 4) is 0 Å². The minimum Gasteiger partial charge on any atom is -0.705 e. The minimum atomic E-state index is -0.591. The number of carbonyl (C=O) groups excluding carboxylic acids is 4. The van der Waals surface area contributed by atoms with Crippen molar-refractivity contribution in [1.29, 1.82) is 0 Å². The molecule has 6 N–H and O–H groups in total. The fourth-order valence-corrected chi connectivity index (χ4v) is 8.44. The van der Waals surface area contributed by atoms with E-state index in [2.05, 4.69) is 68.9 Å². The van der Waals surface area contributed by atoms with Crippen molar-refractivity contribution in [2.45, 2.75) is 270 Å². The Labute approximate surface area is 740 Å². The van der Waals surface area contributed by atoms with Gasteiger partial charge in [0.2, 0.25) is 23.6 Å². The molecular weight excluding hydrogens is 1140 g/mol. The number of nitrogens with one attached hydrogen (secondary N) is 6. The molecule has 0 saturated carbocycles. The Morgan fingerprint density at radius 1 is 0.342 bits per heavy atom. The quantitative estimate of drug-likeness (QED) is 0.0120. The molecule has 0 aliphatic heterocycles. The number of unbranched alkanes of at least 4 members (excludes halogenated alkanes) is 27. The largest absolute Gasteiger partial charge is 1.00 e. The molecule has 2 unspecified atom stereocenters. The Kier molecular flexibility index (Phi) is 131.